The van der Waals surface area contributed by atoms with Crippen LogP contribution in [0, 0.1) is 5.41 Å². The average molecular weight is 268 g/mol. The highest BCUT2D eigenvalue weighted by atomic mass is 79.9. The number of piperidine rings is 1. The molecule has 2 aliphatic rings. The number of halogens is 3. The standard InChI is InChI=1S/C10H16BrF2N/c1-9(6-10(9,12)13)7-14-4-2-3-8(11)5-14/h8H,2-7H2,1H3. The van der Waals surface area contributed by atoms with E-state index in [-0.39, 0.29) is 6.42 Å². The minimum Gasteiger partial charge on any atom is -0.301 e. The molecular weight excluding hydrogens is 252 g/mol. The second-order valence-corrected chi connectivity index (χ2v) is 6.21. The van der Waals surface area contributed by atoms with Crippen molar-refractivity contribution in [2.45, 2.75) is 36.9 Å². The lowest BCUT2D eigenvalue weighted by atomic mass is 10.1. The van der Waals surface area contributed by atoms with Gasteiger partial charge in [-0.2, -0.15) is 0 Å². The van der Waals surface area contributed by atoms with Crippen molar-refractivity contribution in [3.05, 3.63) is 0 Å². The Morgan fingerprint density at radius 1 is 1.50 bits per heavy atom. The van der Waals surface area contributed by atoms with Crippen LogP contribution in [0.4, 0.5) is 8.78 Å². The molecule has 1 heterocycles. The number of nitrogens with zero attached hydrogens (tertiary/aromatic N) is 1. The van der Waals surface area contributed by atoms with E-state index < -0.39 is 11.3 Å². The first-order valence-electron chi connectivity index (χ1n) is 5.17. The zero-order valence-corrected chi connectivity index (χ0v) is 9.99. The molecule has 0 bridgehead atoms. The van der Waals surface area contributed by atoms with Gasteiger partial charge < -0.3 is 4.90 Å². The van der Waals surface area contributed by atoms with Crippen LogP contribution in [0.2, 0.25) is 0 Å². The summed E-state index contributed by atoms with van der Waals surface area (Å²) in [6.07, 6.45) is 2.37. The van der Waals surface area contributed by atoms with Gasteiger partial charge in [0.15, 0.2) is 0 Å². The largest absolute Gasteiger partial charge is 0.301 e. The molecule has 1 saturated heterocycles. The Bertz CT molecular complexity index is 234. The highest BCUT2D eigenvalue weighted by molar-refractivity contribution is 9.09. The molecule has 0 spiro atoms. The summed E-state index contributed by atoms with van der Waals surface area (Å²) in [5.74, 6) is -2.41. The van der Waals surface area contributed by atoms with Crippen molar-refractivity contribution in [3.8, 4) is 0 Å². The molecule has 1 saturated carbocycles. The number of hydrogen-bond donors (Lipinski definition) is 0. The van der Waals surface area contributed by atoms with Crippen LogP contribution in [0.3, 0.4) is 0 Å². The van der Waals surface area contributed by atoms with Crippen molar-refractivity contribution in [3.63, 3.8) is 0 Å². The molecule has 1 aliphatic carbocycles. The van der Waals surface area contributed by atoms with Gasteiger partial charge in [0, 0.05) is 29.8 Å². The smallest absolute Gasteiger partial charge is 0.255 e. The van der Waals surface area contributed by atoms with E-state index in [1.54, 1.807) is 6.92 Å². The fraction of sp³-hybridized carbons (Fsp3) is 1.00. The summed E-state index contributed by atoms with van der Waals surface area (Å²) >= 11 is 3.56. The SMILES string of the molecule is CC1(CN2CCCC(Br)C2)CC1(F)F. The zero-order chi connectivity index (χ0) is 10.4. The minimum atomic E-state index is -2.41. The Balaban J connectivity index is 1.86. The molecule has 2 rings (SSSR count). The Morgan fingerprint density at radius 2 is 2.14 bits per heavy atom. The van der Waals surface area contributed by atoms with E-state index in [9.17, 15) is 8.78 Å². The molecule has 0 radical (unpaired) electrons. The molecule has 14 heavy (non-hydrogen) atoms. The average Bonchev–Trinajstić information content (AvgIpc) is 2.49. The van der Waals surface area contributed by atoms with Gasteiger partial charge in [0.1, 0.15) is 0 Å². The molecule has 0 amide bonds. The first kappa shape index (κ1) is 10.8. The summed E-state index contributed by atoms with van der Waals surface area (Å²) in [6.45, 7) is 4.16. The molecule has 1 aliphatic heterocycles. The second-order valence-electron chi connectivity index (χ2n) is 4.92. The van der Waals surface area contributed by atoms with Crippen LogP contribution in [0.5, 0.6) is 0 Å². The van der Waals surface area contributed by atoms with Gasteiger partial charge >= 0.3 is 0 Å². The number of rotatable bonds is 2. The number of alkyl halides is 3. The van der Waals surface area contributed by atoms with E-state index in [2.05, 4.69) is 20.8 Å². The van der Waals surface area contributed by atoms with Crippen LogP contribution in [-0.2, 0) is 0 Å². The number of hydrogen-bond acceptors (Lipinski definition) is 1. The molecular formula is C10H16BrF2N. The molecule has 1 nitrogen and oxygen atoms in total. The lowest BCUT2D eigenvalue weighted by molar-refractivity contribution is 0.0503. The Morgan fingerprint density at radius 3 is 2.64 bits per heavy atom. The van der Waals surface area contributed by atoms with Crippen molar-refractivity contribution in [1.29, 1.82) is 0 Å². The predicted octanol–water partition coefficient (Wildman–Crippen LogP) is 2.89. The first-order valence-corrected chi connectivity index (χ1v) is 6.09. The third-order valence-electron chi connectivity index (χ3n) is 3.39. The predicted molar refractivity (Wildman–Crippen MR) is 56.1 cm³/mol. The monoisotopic (exact) mass is 267 g/mol. The maximum Gasteiger partial charge on any atom is 0.255 e. The van der Waals surface area contributed by atoms with Gasteiger partial charge in [-0.3, -0.25) is 0 Å². The van der Waals surface area contributed by atoms with E-state index in [0.717, 1.165) is 19.5 Å². The van der Waals surface area contributed by atoms with E-state index in [0.29, 0.717) is 11.4 Å². The molecule has 2 fully saturated rings. The summed E-state index contributed by atoms with van der Waals surface area (Å²) in [5, 5.41) is 0. The molecule has 0 N–H and O–H groups in total. The Hall–Kier alpha value is 0.300. The lowest BCUT2D eigenvalue weighted by Crippen LogP contribution is -2.40. The lowest BCUT2D eigenvalue weighted by Gasteiger charge is -2.32. The van der Waals surface area contributed by atoms with Crippen LogP contribution in [0.15, 0.2) is 0 Å². The van der Waals surface area contributed by atoms with Crippen LogP contribution in [0.25, 0.3) is 0 Å². The third kappa shape index (κ3) is 1.96. The highest BCUT2D eigenvalue weighted by Gasteiger charge is 2.67. The van der Waals surface area contributed by atoms with Crippen molar-refractivity contribution in [2.75, 3.05) is 19.6 Å². The molecule has 0 aromatic carbocycles. The van der Waals surface area contributed by atoms with E-state index >= 15 is 0 Å². The van der Waals surface area contributed by atoms with Crippen molar-refractivity contribution >= 4 is 15.9 Å². The quantitative estimate of drug-likeness (QED) is 0.696. The maximum atomic E-state index is 13.0. The van der Waals surface area contributed by atoms with Gasteiger partial charge in [-0.1, -0.05) is 22.9 Å². The molecule has 2 atom stereocenters. The molecule has 4 heteroatoms. The minimum absolute atomic E-state index is 0.0729. The third-order valence-corrected chi connectivity index (χ3v) is 4.14. The number of likely N-dealkylation sites (tertiary alicyclic amines) is 1. The topological polar surface area (TPSA) is 3.24 Å². The van der Waals surface area contributed by atoms with E-state index in [1.165, 1.54) is 6.42 Å². The van der Waals surface area contributed by atoms with E-state index in [1.807, 2.05) is 0 Å². The summed E-state index contributed by atoms with van der Waals surface area (Å²) in [5.41, 5.74) is -0.739. The van der Waals surface area contributed by atoms with Crippen molar-refractivity contribution in [1.82, 2.24) is 4.90 Å². The van der Waals surface area contributed by atoms with Crippen LogP contribution < -0.4 is 0 Å². The van der Waals surface area contributed by atoms with E-state index in [4.69, 9.17) is 0 Å². The summed E-state index contributed by atoms with van der Waals surface area (Å²) in [6, 6.07) is 0. The van der Waals surface area contributed by atoms with Gasteiger partial charge in [-0.05, 0) is 19.4 Å². The second kappa shape index (κ2) is 3.41. The molecule has 82 valence electrons. The zero-order valence-electron chi connectivity index (χ0n) is 8.40. The van der Waals surface area contributed by atoms with Crippen LogP contribution >= 0.6 is 15.9 Å². The van der Waals surface area contributed by atoms with Crippen LogP contribution in [-0.4, -0.2) is 35.3 Å². The van der Waals surface area contributed by atoms with Gasteiger partial charge in [-0.25, -0.2) is 8.78 Å². The Labute approximate surface area is 92.0 Å². The van der Waals surface area contributed by atoms with Gasteiger partial charge in [0.2, 0.25) is 0 Å². The van der Waals surface area contributed by atoms with Gasteiger partial charge in [-0.15, -0.1) is 0 Å². The molecule has 0 aromatic heterocycles. The fourth-order valence-corrected chi connectivity index (χ4v) is 2.99. The maximum absolute atomic E-state index is 13.0. The normalized spacial score (nSPS) is 42.4. The molecule has 0 aromatic rings. The van der Waals surface area contributed by atoms with Crippen LogP contribution in [0.1, 0.15) is 26.2 Å². The van der Waals surface area contributed by atoms with Crippen molar-refractivity contribution < 1.29 is 8.78 Å². The summed E-state index contributed by atoms with van der Waals surface area (Å²) in [7, 11) is 0. The molecule has 2 unspecified atom stereocenters. The van der Waals surface area contributed by atoms with Gasteiger partial charge in [0.25, 0.3) is 5.92 Å². The van der Waals surface area contributed by atoms with Crippen molar-refractivity contribution in [2.24, 2.45) is 5.41 Å². The summed E-state index contributed by atoms with van der Waals surface area (Å²) < 4.78 is 26.0. The first-order chi connectivity index (χ1) is 6.43. The van der Waals surface area contributed by atoms with Gasteiger partial charge in [0.05, 0.1) is 0 Å². The highest BCUT2D eigenvalue weighted by Crippen LogP contribution is 2.60. The fourth-order valence-electron chi connectivity index (χ4n) is 2.25. The summed E-state index contributed by atoms with van der Waals surface area (Å²) in [4.78, 5) is 2.66. The Kier molecular flexibility index (Phi) is 2.63.